The molecule has 0 saturated carbocycles. The third-order valence-electron chi connectivity index (χ3n) is 3.80. The molecule has 1 N–H and O–H groups in total. The van der Waals surface area contributed by atoms with E-state index >= 15 is 0 Å². The van der Waals surface area contributed by atoms with E-state index in [1.54, 1.807) is 28.4 Å². The van der Waals surface area contributed by atoms with Crippen LogP contribution in [0.25, 0.3) is 0 Å². The van der Waals surface area contributed by atoms with E-state index in [0.717, 1.165) is 16.9 Å². The Hall–Kier alpha value is -1.85. The van der Waals surface area contributed by atoms with Gasteiger partial charge in [-0.05, 0) is 36.1 Å². The number of carbonyl (C=O) groups excluding carboxylic acids is 2. The minimum atomic E-state index is -0.290. The summed E-state index contributed by atoms with van der Waals surface area (Å²) in [4.78, 5) is 27.5. The van der Waals surface area contributed by atoms with Crippen LogP contribution in [-0.2, 0) is 9.59 Å². The lowest BCUT2D eigenvalue weighted by Gasteiger charge is -2.29. The minimum Gasteiger partial charge on any atom is -0.324 e. The Bertz CT molecular complexity index is 730. The summed E-state index contributed by atoms with van der Waals surface area (Å²) in [7, 11) is 0. The second-order valence-electron chi connectivity index (χ2n) is 5.47. The number of carbonyl (C=O) groups is 2. The van der Waals surface area contributed by atoms with Crippen molar-refractivity contribution in [3.05, 3.63) is 51.2 Å². The number of halogens is 1. The Morgan fingerprint density at radius 2 is 2.26 bits per heavy atom. The first-order valence-electron chi connectivity index (χ1n) is 7.52. The first-order chi connectivity index (χ1) is 11.1. The van der Waals surface area contributed by atoms with Gasteiger partial charge in [-0.25, -0.2) is 0 Å². The Morgan fingerprint density at radius 3 is 2.96 bits per heavy atom. The van der Waals surface area contributed by atoms with E-state index in [4.69, 9.17) is 11.6 Å². The number of nitrogens with zero attached hydrogens (tertiary/aromatic N) is 1. The molecule has 3 rings (SSSR count). The van der Waals surface area contributed by atoms with E-state index in [1.165, 1.54) is 0 Å². The molecule has 1 aliphatic rings. The average molecular weight is 349 g/mol. The second-order valence-corrected chi connectivity index (χ2v) is 6.89. The van der Waals surface area contributed by atoms with E-state index in [2.05, 4.69) is 5.32 Å². The van der Waals surface area contributed by atoms with E-state index in [9.17, 15) is 9.59 Å². The number of amides is 2. The molecule has 6 heteroatoms. The highest BCUT2D eigenvalue weighted by atomic mass is 35.5. The molecule has 2 aromatic rings. The lowest BCUT2D eigenvalue weighted by molar-refractivity contribution is -0.136. The van der Waals surface area contributed by atoms with Crippen LogP contribution >= 0.6 is 22.9 Å². The van der Waals surface area contributed by atoms with Gasteiger partial charge >= 0.3 is 0 Å². The van der Waals surface area contributed by atoms with Crippen LogP contribution in [-0.4, -0.2) is 23.3 Å². The highest BCUT2D eigenvalue weighted by Gasteiger charge is 2.33. The monoisotopic (exact) mass is 348 g/mol. The van der Waals surface area contributed by atoms with Gasteiger partial charge in [-0.3, -0.25) is 9.59 Å². The van der Waals surface area contributed by atoms with Crippen molar-refractivity contribution >= 4 is 40.4 Å². The summed E-state index contributed by atoms with van der Waals surface area (Å²) < 4.78 is 0. The fourth-order valence-corrected chi connectivity index (χ4v) is 3.86. The van der Waals surface area contributed by atoms with Gasteiger partial charge in [0.1, 0.15) is 6.54 Å². The number of hydrogen-bond donors (Lipinski definition) is 1. The minimum absolute atomic E-state index is 0.0196. The van der Waals surface area contributed by atoms with E-state index in [0.29, 0.717) is 17.1 Å². The highest BCUT2D eigenvalue weighted by Crippen LogP contribution is 2.39. The molecule has 120 valence electrons. The Kier molecular flexibility index (Phi) is 4.68. The molecule has 23 heavy (non-hydrogen) atoms. The third kappa shape index (κ3) is 3.26. The molecule has 1 atom stereocenters. The Labute approximate surface area is 144 Å². The van der Waals surface area contributed by atoms with Crippen LogP contribution in [0.1, 0.15) is 36.2 Å². The zero-order chi connectivity index (χ0) is 16.4. The first kappa shape index (κ1) is 16.0. The van der Waals surface area contributed by atoms with Gasteiger partial charge in [-0.15, -0.1) is 11.3 Å². The van der Waals surface area contributed by atoms with Crippen molar-refractivity contribution in [3.63, 3.8) is 0 Å². The smallest absolute Gasteiger partial charge is 0.244 e. The lowest BCUT2D eigenvalue weighted by atomic mass is 10.0. The van der Waals surface area contributed by atoms with Crippen molar-refractivity contribution in [1.29, 1.82) is 0 Å². The topological polar surface area (TPSA) is 49.4 Å². The van der Waals surface area contributed by atoms with Crippen LogP contribution in [0.4, 0.5) is 5.69 Å². The zero-order valence-corrected chi connectivity index (χ0v) is 14.3. The number of nitrogens with one attached hydrogen (secondary N) is 1. The summed E-state index contributed by atoms with van der Waals surface area (Å²) in [5.41, 5.74) is 1.57. The molecule has 1 unspecified atom stereocenters. The number of hydrogen-bond acceptors (Lipinski definition) is 3. The molecule has 1 aromatic carbocycles. The molecule has 2 amide bonds. The predicted molar refractivity (Wildman–Crippen MR) is 92.9 cm³/mol. The van der Waals surface area contributed by atoms with Crippen molar-refractivity contribution < 1.29 is 9.59 Å². The van der Waals surface area contributed by atoms with Gasteiger partial charge in [0.15, 0.2) is 0 Å². The maximum absolute atomic E-state index is 12.6. The number of rotatable bonds is 3. The summed E-state index contributed by atoms with van der Waals surface area (Å²) >= 11 is 7.74. The SMILES string of the molecule is CCCC(=O)N1CC(=O)Nc2ccc(Cl)cc2C1c1cccs1. The molecule has 0 spiro atoms. The van der Waals surface area contributed by atoms with Crippen molar-refractivity contribution in [1.82, 2.24) is 4.90 Å². The van der Waals surface area contributed by atoms with Crippen molar-refractivity contribution in [2.45, 2.75) is 25.8 Å². The van der Waals surface area contributed by atoms with Crippen LogP contribution in [0.15, 0.2) is 35.7 Å². The molecule has 0 aliphatic carbocycles. The predicted octanol–water partition coefficient (Wildman–Crippen LogP) is 4.07. The van der Waals surface area contributed by atoms with E-state index in [-0.39, 0.29) is 24.4 Å². The third-order valence-corrected chi connectivity index (χ3v) is 4.96. The molecule has 1 aromatic heterocycles. The summed E-state index contributed by atoms with van der Waals surface area (Å²) in [6, 6.07) is 9.02. The molecule has 0 radical (unpaired) electrons. The zero-order valence-electron chi connectivity index (χ0n) is 12.7. The number of fused-ring (bicyclic) bond motifs is 1. The van der Waals surface area contributed by atoms with Crippen molar-refractivity contribution in [2.75, 3.05) is 11.9 Å². The maximum atomic E-state index is 12.6. The van der Waals surface area contributed by atoms with Crippen LogP contribution in [0.5, 0.6) is 0 Å². The normalized spacial score (nSPS) is 17.4. The molecule has 0 bridgehead atoms. The van der Waals surface area contributed by atoms with E-state index in [1.807, 2.05) is 30.5 Å². The largest absolute Gasteiger partial charge is 0.324 e. The van der Waals surface area contributed by atoms with Crippen LogP contribution in [0, 0.1) is 0 Å². The van der Waals surface area contributed by atoms with Gasteiger partial charge in [0.25, 0.3) is 0 Å². The molecular formula is C17H17ClN2O2S. The second kappa shape index (κ2) is 6.72. The standard InChI is InChI=1S/C17H17ClN2O2S/c1-2-4-16(22)20-10-15(21)19-13-7-6-11(18)9-12(13)17(20)14-5-3-8-23-14/h3,5-9,17H,2,4,10H2,1H3,(H,19,21). The maximum Gasteiger partial charge on any atom is 0.244 e. The quantitative estimate of drug-likeness (QED) is 0.908. The van der Waals surface area contributed by atoms with Crippen LogP contribution in [0.2, 0.25) is 5.02 Å². The first-order valence-corrected chi connectivity index (χ1v) is 8.78. The fourth-order valence-electron chi connectivity index (χ4n) is 2.82. The molecule has 2 heterocycles. The van der Waals surface area contributed by atoms with Gasteiger partial charge in [0, 0.05) is 27.6 Å². The van der Waals surface area contributed by atoms with Gasteiger partial charge in [0.2, 0.25) is 11.8 Å². The summed E-state index contributed by atoms with van der Waals surface area (Å²) in [5, 5.41) is 5.44. The molecule has 0 saturated heterocycles. The highest BCUT2D eigenvalue weighted by molar-refractivity contribution is 7.10. The van der Waals surface area contributed by atoms with Crippen molar-refractivity contribution in [3.8, 4) is 0 Å². The summed E-state index contributed by atoms with van der Waals surface area (Å²) in [5.74, 6) is -0.203. The van der Waals surface area contributed by atoms with Crippen LogP contribution in [0.3, 0.4) is 0 Å². The Morgan fingerprint density at radius 1 is 1.43 bits per heavy atom. The summed E-state index contributed by atoms with van der Waals surface area (Å²) in [6.45, 7) is 2.01. The molecule has 0 fully saturated rings. The molecule has 1 aliphatic heterocycles. The average Bonchev–Trinajstić information content (AvgIpc) is 2.99. The van der Waals surface area contributed by atoms with Gasteiger partial charge < -0.3 is 10.2 Å². The summed E-state index contributed by atoms with van der Waals surface area (Å²) in [6.07, 6.45) is 1.17. The Balaban J connectivity index is 2.15. The van der Waals surface area contributed by atoms with E-state index < -0.39 is 0 Å². The fraction of sp³-hybridized carbons (Fsp3) is 0.294. The number of thiophene rings is 1. The molecular weight excluding hydrogens is 332 g/mol. The van der Waals surface area contributed by atoms with Gasteiger partial charge in [-0.1, -0.05) is 24.6 Å². The molecule has 4 nitrogen and oxygen atoms in total. The van der Waals surface area contributed by atoms with Crippen molar-refractivity contribution in [2.24, 2.45) is 0 Å². The van der Waals surface area contributed by atoms with Crippen LogP contribution < -0.4 is 5.32 Å². The van der Waals surface area contributed by atoms with Gasteiger partial charge in [0.05, 0.1) is 6.04 Å². The lowest BCUT2D eigenvalue weighted by Crippen LogP contribution is -2.38. The number of anilines is 1. The number of benzene rings is 1. The van der Waals surface area contributed by atoms with Gasteiger partial charge in [-0.2, -0.15) is 0 Å².